The minimum absolute atomic E-state index is 0.337. The summed E-state index contributed by atoms with van der Waals surface area (Å²) in [6, 6.07) is 13.7. The van der Waals surface area contributed by atoms with E-state index in [1.54, 1.807) is 37.6 Å². The Morgan fingerprint density at radius 3 is 2.42 bits per heavy atom. The van der Waals surface area contributed by atoms with Gasteiger partial charge in [-0.15, -0.1) is 0 Å². The van der Waals surface area contributed by atoms with E-state index < -0.39 is 6.04 Å². The van der Waals surface area contributed by atoms with Crippen LogP contribution in [0.15, 0.2) is 60.9 Å². The molecule has 3 aromatic rings. The van der Waals surface area contributed by atoms with E-state index in [0.29, 0.717) is 10.7 Å². The van der Waals surface area contributed by atoms with Crippen molar-refractivity contribution in [1.29, 1.82) is 0 Å². The predicted molar refractivity (Wildman–Crippen MR) is 102 cm³/mol. The predicted octanol–water partition coefficient (Wildman–Crippen LogP) is 3.99. The highest BCUT2D eigenvalue weighted by Gasteiger charge is 2.21. The molecule has 0 unspecified atom stereocenters. The SMILES string of the molecule is COc1ccc([C@H](NC(=O)Nc2ccc(Cl)cc2)c2nccn2C)cc1. The Kier molecular flexibility index (Phi) is 5.43. The molecule has 134 valence electrons. The van der Waals surface area contributed by atoms with Gasteiger partial charge in [0.1, 0.15) is 17.6 Å². The first kappa shape index (κ1) is 17.8. The number of rotatable bonds is 5. The summed E-state index contributed by atoms with van der Waals surface area (Å²) < 4.78 is 7.07. The van der Waals surface area contributed by atoms with Crippen LogP contribution in [0.25, 0.3) is 0 Å². The van der Waals surface area contributed by atoms with E-state index in [1.807, 2.05) is 42.1 Å². The molecule has 2 N–H and O–H groups in total. The number of ether oxygens (including phenoxy) is 1. The molecule has 2 amide bonds. The third-order valence-electron chi connectivity index (χ3n) is 3.94. The molecular formula is C19H19ClN4O2. The van der Waals surface area contributed by atoms with Crippen LogP contribution < -0.4 is 15.4 Å². The summed E-state index contributed by atoms with van der Waals surface area (Å²) in [4.78, 5) is 16.9. The van der Waals surface area contributed by atoms with Crippen LogP contribution >= 0.6 is 11.6 Å². The summed E-state index contributed by atoms with van der Waals surface area (Å²) in [6.07, 6.45) is 3.54. The number of nitrogens with one attached hydrogen (secondary N) is 2. The first-order chi connectivity index (χ1) is 12.6. The third-order valence-corrected chi connectivity index (χ3v) is 4.20. The van der Waals surface area contributed by atoms with Gasteiger partial charge >= 0.3 is 6.03 Å². The Bertz CT molecular complexity index is 875. The zero-order chi connectivity index (χ0) is 18.5. The van der Waals surface area contributed by atoms with E-state index in [0.717, 1.165) is 17.1 Å². The second kappa shape index (κ2) is 7.93. The number of amides is 2. The first-order valence-electron chi connectivity index (χ1n) is 8.01. The summed E-state index contributed by atoms with van der Waals surface area (Å²) in [5.41, 5.74) is 1.55. The van der Waals surface area contributed by atoms with Crippen molar-refractivity contribution in [3.63, 3.8) is 0 Å². The van der Waals surface area contributed by atoms with E-state index in [-0.39, 0.29) is 6.03 Å². The maximum absolute atomic E-state index is 12.5. The number of aryl methyl sites for hydroxylation is 1. The second-order valence-electron chi connectivity index (χ2n) is 5.71. The molecule has 0 aliphatic rings. The zero-order valence-electron chi connectivity index (χ0n) is 14.4. The average Bonchev–Trinajstić information content (AvgIpc) is 3.07. The quantitative estimate of drug-likeness (QED) is 0.713. The van der Waals surface area contributed by atoms with Gasteiger partial charge in [0.15, 0.2) is 0 Å². The van der Waals surface area contributed by atoms with Crippen LogP contribution in [0.4, 0.5) is 10.5 Å². The van der Waals surface area contributed by atoms with Crippen LogP contribution in [0.3, 0.4) is 0 Å². The van der Waals surface area contributed by atoms with Crippen molar-refractivity contribution < 1.29 is 9.53 Å². The van der Waals surface area contributed by atoms with E-state index in [4.69, 9.17) is 16.3 Å². The van der Waals surface area contributed by atoms with E-state index >= 15 is 0 Å². The number of anilines is 1. The zero-order valence-corrected chi connectivity index (χ0v) is 15.2. The van der Waals surface area contributed by atoms with Gasteiger partial charge in [0.05, 0.1) is 7.11 Å². The number of hydrogen-bond acceptors (Lipinski definition) is 3. The number of methoxy groups -OCH3 is 1. The molecule has 0 saturated carbocycles. The average molecular weight is 371 g/mol. The number of carbonyl (C=O) groups excluding carboxylic acids is 1. The van der Waals surface area contributed by atoms with Crippen LogP contribution in [-0.2, 0) is 7.05 Å². The van der Waals surface area contributed by atoms with Crippen molar-refractivity contribution in [1.82, 2.24) is 14.9 Å². The van der Waals surface area contributed by atoms with Gasteiger partial charge in [0.2, 0.25) is 0 Å². The van der Waals surface area contributed by atoms with Crippen molar-refractivity contribution in [3.05, 3.63) is 77.3 Å². The molecule has 1 aromatic heterocycles. The number of benzene rings is 2. The van der Waals surface area contributed by atoms with Gasteiger partial charge < -0.3 is 19.9 Å². The molecule has 0 aliphatic carbocycles. The summed E-state index contributed by atoms with van der Waals surface area (Å²) in [5.74, 6) is 1.47. The number of carbonyl (C=O) groups is 1. The maximum atomic E-state index is 12.5. The van der Waals surface area contributed by atoms with Crippen molar-refractivity contribution >= 4 is 23.3 Å². The Labute approximate surface area is 156 Å². The molecule has 7 heteroatoms. The lowest BCUT2D eigenvalue weighted by Crippen LogP contribution is -2.34. The van der Waals surface area contributed by atoms with Crippen molar-refractivity contribution in [2.75, 3.05) is 12.4 Å². The van der Waals surface area contributed by atoms with Crippen LogP contribution in [-0.4, -0.2) is 22.7 Å². The lowest BCUT2D eigenvalue weighted by atomic mass is 10.1. The fraction of sp³-hybridized carbons (Fsp3) is 0.158. The molecule has 1 heterocycles. The minimum atomic E-state index is -0.409. The number of nitrogens with zero attached hydrogens (tertiary/aromatic N) is 2. The smallest absolute Gasteiger partial charge is 0.320 e. The van der Waals surface area contributed by atoms with Gasteiger partial charge in [-0.1, -0.05) is 23.7 Å². The molecule has 0 bridgehead atoms. The highest BCUT2D eigenvalue weighted by Crippen LogP contribution is 2.23. The number of urea groups is 1. The van der Waals surface area contributed by atoms with Gasteiger partial charge in [-0.05, 0) is 42.0 Å². The van der Waals surface area contributed by atoms with Gasteiger partial charge in [-0.2, -0.15) is 0 Å². The van der Waals surface area contributed by atoms with Gasteiger partial charge in [0, 0.05) is 30.2 Å². The number of imidazole rings is 1. The van der Waals surface area contributed by atoms with Crippen LogP contribution in [0, 0.1) is 0 Å². The summed E-state index contributed by atoms with van der Waals surface area (Å²) in [7, 11) is 3.50. The summed E-state index contributed by atoms with van der Waals surface area (Å²) >= 11 is 5.87. The molecule has 0 aliphatic heterocycles. The van der Waals surface area contributed by atoms with Crippen molar-refractivity contribution in [3.8, 4) is 5.75 Å². The molecule has 6 nitrogen and oxygen atoms in total. The van der Waals surface area contributed by atoms with Crippen LogP contribution in [0.1, 0.15) is 17.4 Å². The monoisotopic (exact) mass is 370 g/mol. The Hall–Kier alpha value is -2.99. The van der Waals surface area contributed by atoms with E-state index in [9.17, 15) is 4.79 Å². The fourth-order valence-corrected chi connectivity index (χ4v) is 2.71. The highest BCUT2D eigenvalue weighted by molar-refractivity contribution is 6.30. The molecule has 26 heavy (non-hydrogen) atoms. The van der Waals surface area contributed by atoms with E-state index in [2.05, 4.69) is 15.6 Å². The van der Waals surface area contributed by atoms with Crippen molar-refractivity contribution in [2.24, 2.45) is 7.05 Å². The Morgan fingerprint density at radius 2 is 1.85 bits per heavy atom. The number of hydrogen-bond donors (Lipinski definition) is 2. The molecule has 0 fully saturated rings. The Morgan fingerprint density at radius 1 is 1.15 bits per heavy atom. The molecule has 2 aromatic carbocycles. The second-order valence-corrected chi connectivity index (χ2v) is 6.14. The standard InChI is InChI=1S/C19H19ClN4O2/c1-24-12-11-21-18(24)17(13-3-9-16(26-2)10-4-13)23-19(25)22-15-7-5-14(20)6-8-15/h3-12,17H,1-2H3,(H2,22,23,25)/t17-/m0/s1. The third kappa shape index (κ3) is 4.15. The summed E-state index contributed by atoms with van der Waals surface area (Å²) in [6.45, 7) is 0. The lowest BCUT2D eigenvalue weighted by Gasteiger charge is -2.20. The number of aromatic nitrogens is 2. The Balaban J connectivity index is 1.82. The molecule has 0 saturated heterocycles. The lowest BCUT2D eigenvalue weighted by molar-refractivity contribution is 0.249. The van der Waals surface area contributed by atoms with Gasteiger partial charge in [-0.25, -0.2) is 9.78 Å². The van der Waals surface area contributed by atoms with Crippen LogP contribution in [0.5, 0.6) is 5.75 Å². The summed E-state index contributed by atoms with van der Waals surface area (Å²) in [5, 5.41) is 6.38. The van der Waals surface area contributed by atoms with Crippen LogP contribution in [0.2, 0.25) is 5.02 Å². The fourth-order valence-electron chi connectivity index (χ4n) is 2.58. The van der Waals surface area contributed by atoms with E-state index in [1.165, 1.54) is 0 Å². The van der Waals surface area contributed by atoms with Gasteiger partial charge in [0.25, 0.3) is 0 Å². The topological polar surface area (TPSA) is 68.2 Å². The minimum Gasteiger partial charge on any atom is -0.497 e. The molecule has 0 radical (unpaired) electrons. The highest BCUT2D eigenvalue weighted by atomic mass is 35.5. The first-order valence-corrected chi connectivity index (χ1v) is 8.39. The molecule has 1 atom stereocenters. The molecule has 0 spiro atoms. The normalized spacial score (nSPS) is 11.7. The molecule has 3 rings (SSSR count). The van der Waals surface area contributed by atoms with Crippen molar-refractivity contribution in [2.45, 2.75) is 6.04 Å². The molecular weight excluding hydrogens is 352 g/mol. The van der Waals surface area contributed by atoms with Gasteiger partial charge in [-0.3, -0.25) is 0 Å². The maximum Gasteiger partial charge on any atom is 0.320 e. The number of halogens is 1. The largest absolute Gasteiger partial charge is 0.497 e.